The number of nitrogens with zero attached hydrogens (tertiary/aromatic N) is 1. The number of benzene rings is 1. The third-order valence-electron chi connectivity index (χ3n) is 2.94. The minimum Gasteiger partial charge on any atom is -0.386 e. The maximum atomic E-state index is 10.3. The Bertz CT molecular complexity index is 554. The first-order chi connectivity index (χ1) is 8.58. The van der Waals surface area contributed by atoms with Gasteiger partial charge < -0.3 is 5.11 Å². The number of pyridine rings is 1. The molecule has 2 aromatic rings. The predicted octanol–water partition coefficient (Wildman–Crippen LogP) is 3.74. The van der Waals surface area contributed by atoms with Crippen molar-refractivity contribution < 1.29 is 5.11 Å². The SMILES string of the molecule is Cc1cnc(C(O)Cc2ccccc2Br)c(C)c1. The highest BCUT2D eigenvalue weighted by atomic mass is 79.9. The zero-order valence-electron chi connectivity index (χ0n) is 10.5. The highest BCUT2D eigenvalue weighted by molar-refractivity contribution is 9.10. The largest absolute Gasteiger partial charge is 0.386 e. The van der Waals surface area contributed by atoms with E-state index in [9.17, 15) is 5.11 Å². The summed E-state index contributed by atoms with van der Waals surface area (Å²) in [6.45, 7) is 3.99. The Morgan fingerprint density at radius 1 is 1.28 bits per heavy atom. The Kier molecular flexibility index (Phi) is 4.15. The first-order valence-corrected chi connectivity index (χ1v) is 6.72. The molecule has 0 aliphatic rings. The summed E-state index contributed by atoms with van der Waals surface area (Å²) in [5, 5.41) is 10.3. The second-order valence-electron chi connectivity index (χ2n) is 4.53. The van der Waals surface area contributed by atoms with Crippen molar-refractivity contribution in [2.75, 3.05) is 0 Å². The van der Waals surface area contributed by atoms with Crippen molar-refractivity contribution in [1.82, 2.24) is 4.98 Å². The average Bonchev–Trinajstić information content (AvgIpc) is 2.32. The molecule has 0 saturated heterocycles. The fraction of sp³-hybridized carbons (Fsp3) is 0.267. The van der Waals surface area contributed by atoms with E-state index in [1.165, 1.54) is 0 Å². The molecule has 18 heavy (non-hydrogen) atoms. The molecular weight excluding hydrogens is 290 g/mol. The second-order valence-corrected chi connectivity index (χ2v) is 5.38. The number of rotatable bonds is 3. The van der Waals surface area contributed by atoms with Gasteiger partial charge in [-0.25, -0.2) is 0 Å². The molecule has 1 aromatic carbocycles. The minimum absolute atomic E-state index is 0.565. The summed E-state index contributed by atoms with van der Waals surface area (Å²) in [5.41, 5.74) is 4.00. The van der Waals surface area contributed by atoms with Gasteiger partial charge in [0.1, 0.15) is 6.10 Å². The van der Waals surface area contributed by atoms with Crippen molar-refractivity contribution in [2.45, 2.75) is 26.4 Å². The predicted molar refractivity (Wildman–Crippen MR) is 76.5 cm³/mol. The van der Waals surface area contributed by atoms with E-state index in [1.807, 2.05) is 44.2 Å². The third-order valence-corrected chi connectivity index (χ3v) is 3.72. The van der Waals surface area contributed by atoms with Crippen LogP contribution in [-0.2, 0) is 6.42 Å². The number of hydrogen-bond acceptors (Lipinski definition) is 2. The highest BCUT2D eigenvalue weighted by Gasteiger charge is 2.14. The fourth-order valence-corrected chi connectivity index (χ4v) is 2.49. The first kappa shape index (κ1) is 13.2. The van der Waals surface area contributed by atoms with Crippen LogP contribution in [0.4, 0.5) is 0 Å². The maximum Gasteiger partial charge on any atom is 0.100 e. The Balaban J connectivity index is 2.22. The van der Waals surface area contributed by atoms with Gasteiger partial charge in [-0.3, -0.25) is 4.98 Å². The minimum atomic E-state index is -0.565. The topological polar surface area (TPSA) is 33.1 Å². The molecule has 0 amide bonds. The van der Waals surface area contributed by atoms with Gasteiger partial charge in [0.25, 0.3) is 0 Å². The van der Waals surface area contributed by atoms with Crippen LogP contribution in [0, 0.1) is 13.8 Å². The Morgan fingerprint density at radius 3 is 2.67 bits per heavy atom. The Labute approximate surface area is 116 Å². The van der Waals surface area contributed by atoms with Gasteiger partial charge in [0.2, 0.25) is 0 Å². The summed E-state index contributed by atoms with van der Waals surface area (Å²) in [6.07, 6.45) is 1.80. The van der Waals surface area contributed by atoms with E-state index in [4.69, 9.17) is 0 Å². The van der Waals surface area contributed by atoms with Gasteiger partial charge in [-0.1, -0.05) is 40.2 Å². The van der Waals surface area contributed by atoms with E-state index < -0.39 is 6.10 Å². The molecule has 0 spiro atoms. The third kappa shape index (κ3) is 2.98. The summed E-state index contributed by atoms with van der Waals surface area (Å²) in [5.74, 6) is 0. The molecular formula is C15H16BrNO. The zero-order valence-corrected chi connectivity index (χ0v) is 12.1. The summed E-state index contributed by atoms with van der Waals surface area (Å²) < 4.78 is 1.02. The Hall–Kier alpha value is -1.19. The lowest BCUT2D eigenvalue weighted by Gasteiger charge is -2.14. The van der Waals surface area contributed by atoms with E-state index in [0.717, 1.165) is 26.9 Å². The molecule has 2 nitrogen and oxygen atoms in total. The van der Waals surface area contributed by atoms with E-state index in [0.29, 0.717) is 6.42 Å². The van der Waals surface area contributed by atoms with Crippen LogP contribution in [0.3, 0.4) is 0 Å². The molecule has 1 unspecified atom stereocenters. The van der Waals surface area contributed by atoms with Gasteiger partial charge in [-0.05, 0) is 36.6 Å². The van der Waals surface area contributed by atoms with Gasteiger partial charge in [0, 0.05) is 17.1 Å². The lowest BCUT2D eigenvalue weighted by molar-refractivity contribution is 0.172. The van der Waals surface area contributed by atoms with Crippen LogP contribution >= 0.6 is 15.9 Å². The summed E-state index contributed by atoms with van der Waals surface area (Å²) >= 11 is 3.50. The summed E-state index contributed by atoms with van der Waals surface area (Å²) in [6, 6.07) is 9.98. The number of aromatic nitrogens is 1. The summed E-state index contributed by atoms with van der Waals surface area (Å²) in [4.78, 5) is 4.34. The maximum absolute atomic E-state index is 10.3. The quantitative estimate of drug-likeness (QED) is 0.937. The first-order valence-electron chi connectivity index (χ1n) is 5.92. The van der Waals surface area contributed by atoms with Crippen molar-refractivity contribution in [3.63, 3.8) is 0 Å². The van der Waals surface area contributed by atoms with Crippen molar-refractivity contribution in [3.05, 3.63) is 63.4 Å². The van der Waals surface area contributed by atoms with Crippen LogP contribution in [-0.4, -0.2) is 10.1 Å². The van der Waals surface area contributed by atoms with Crippen molar-refractivity contribution in [3.8, 4) is 0 Å². The van der Waals surface area contributed by atoms with Crippen LogP contribution in [0.25, 0.3) is 0 Å². The lowest BCUT2D eigenvalue weighted by atomic mass is 10.0. The molecule has 0 fully saturated rings. The smallest absolute Gasteiger partial charge is 0.100 e. The van der Waals surface area contributed by atoms with E-state index in [2.05, 4.69) is 20.9 Å². The number of aliphatic hydroxyl groups is 1. The monoisotopic (exact) mass is 305 g/mol. The molecule has 0 aliphatic heterocycles. The highest BCUT2D eigenvalue weighted by Crippen LogP contribution is 2.24. The molecule has 2 rings (SSSR count). The van der Waals surface area contributed by atoms with Crippen LogP contribution in [0.15, 0.2) is 41.0 Å². The molecule has 94 valence electrons. The van der Waals surface area contributed by atoms with E-state index in [-0.39, 0.29) is 0 Å². The number of aliphatic hydroxyl groups excluding tert-OH is 1. The zero-order chi connectivity index (χ0) is 13.1. The van der Waals surface area contributed by atoms with Crippen molar-refractivity contribution >= 4 is 15.9 Å². The molecule has 0 bridgehead atoms. The van der Waals surface area contributed by atoms with E-state index in [1.54, 1.807) is 6.20 Å². The second kappa shape index (κ2) is 5.63. The van der Waals surface area contributed by atoms with E-state index >= 15 is 0 Å². The van der Waals surface area contributed by atoms with Gasteiger partial charge in [-0.2, -0.15) is 0 Å². The van der Waals surface area contributed by atoms with Crippen LogP contribution in [0.1, 0.15) is 28.5 Å². The van der Waals surface area contributed by atoms with Crippen LogP contribution in [0.5, 0.6) is 0 Å². The van der Waals surface area contributed by atoms with Gasteiger partial charge in [-0.15, -0.1) is 0 Å². The summed E-state index contributed by atoms with van der Waals surface area (Å²) in [7, 11) is 0. The molecule has 1 atom stereocenters. The van der Waals surface area contributed by atoms with Gasteiger partial charge >= 0.3 is 0 Å². The van der Waals surface area contributed by atoms with Crippen molar-refractivity contribution in [1.29, 1.82) is 0 Å². The van der Waals surface area contributed by atoms with Crippen molar-refractivity contribution in [2.24, 2.45) is 0 Å². The van der Waals surface area contributed by atoms with Gasteiger partial charge in [0.15, 0.2) is 0 Å². The molecule has 0 radical (unpaired) electrons. The molecule has 0 aliphatic carbocycles. The standard InChI is InChI=1S/C15H16BrNO/c1-10-7-11(2)15(17-9-10)14(18)8-12-5-3-4-6-13(12)16/h3-7,9,14,18H,8H2,1-2H3. The van der Waals surface area contributed by atoms with Gasteiger partial charge in [0.05, 0.1) is 5.69 Å². The molecule has 1 aromatic heterocycles. The molecule has 1 N–H and O–H groups in total. The van der Waals surface area contributed by atoms with Crippen LogP contribution < -0.4 is 0 Å². The Morgan fingerprint density at radius 2 is 2.00 bits per heavy atom. The fourth-order valence-electron chi connectivity index (χ4n) is 2.04. The normalized spacial score (nSPS) is 12.4. The number of halogens is 1. The average molecular weight is 306 g/mol. The lowest BCUT2D eigenvalue weighted by Crippen LogP contribution is -2.07. The number of hydrogen-bond donors (Lipinski definition) is 1. The molecule has 0 saturated carbocycles. The number of aryl methyl sites for hydroxylation is 2. The molecule has 3 heteroatoms. The molecule has 1 heterocycles. The van der Waals surface area contributed by atoms with Crippen LogP contribution in [0.2, 0.25) is 0 Å².